The fourth-order valence-electron chi connectivity index (χ4n) is 7.44. The van der Waals surface area contributed by atoms with Crippen molar-refractivity contribution in [3.8, 4) is 5.75 Å². The second-order valence-electron chi connectivity index (χ2n) is 14.0. The maximum Gasteiger partial charge on any atom is 0.264 e. The van der Waals surface area contributed by atoms with Crippen molar-refractivity contribution in [1.29, 1.82) is 0 Å². The summed E-state index contributed by atoms with van der Waals surface area (Å²) in [5, 5.41) is 5.24. The van der Waals surface area contributed by atoms with Crippen LogP contribution in [0, 0.1) is 11.7 Å². The summed E-state index contributed by atoms with van der Waals surface area (Å²) in [6, 6.07) is 6.39. The molecule has 3 aromatic rings. The lowest BCUT2D eigenvalue weighted by atomic mass is 9.98. The van der Waals surface area contributed by atoms with E-state index in [1.165, 1.54) is 12.1 Å². The standard InChI is InChI=1S/C37H40FN7O8S/c1-20(46)43-11-7-21(8-12-43)18-53-22-15-25(38)33-27(16-22)40-29(41-35(33)50)19-54-23-9-13-44(14-10-23)31(48)17-39-26-4-2-3-24-32(26)37(52)45(36(24)51)28-5-6-30(47)42-34(28)49/h2-4,15-16,21,23,28,39H,5-14,17-19H2,1H3,(H,40,41,50)(H,42,47,49). The number of aromatic nitrogens is 2. The van der Waals surface area contributed by atoms with Crippen molar-refractivity contribution in [2.75, 3.05) is 44.6 Å². The number of H-pyrrole nitrogens is 1. The van der Waals surface area contributed by atoms with E-state index in [1.807, 2.05) is 0 Å². The first kappa shape index (κ1) is 37.0. The van der Waals surface area contributed by atoms with Gasteiger partial charge >= 0.3 is 0 Å². The van der Waals surface area contributed by atoms with Gasteiger partial charge in [0.1, 0.15) is 28.8 Å². The number of nitrogens with zero attached hydrogens (tertiary/aromatic N) is 4. The molecular formula is C37H40FN7O8S. The lowest BCUT2D eigenvalue weighted by Gasteiger charge is -2.32. The van der Waals surface area contributed by atoms with Gasteiger partial charge in [-0.3, -0.25) is 43.8 Å². The number of carbonyl (C=O) groups is 6. The quantitative estimate of drug-likeness (QED) is 0.257. The molecule has 3 N–H and O–H groups in total. The van der Waals surface area contributed by atoms with Gasteiger partial charge in [-0.1, -0.05) is 6.07 Å². The first-order chi connectivity index (χ1) is 26.0. The molecule has 7 rings (SSSR count). The van der Waals surface area contributed by atoms with Gasteiger partial charge in [-0.25, -0.2) is 9.37 Å². The Balaban J connectivity index is 0.901. The van der Waals surface area contributed by atoms with Crippen LogP contribution in [-0.4, -0.2) is 111 Å². The summed E-state index contributed by atoms with van der Waals surface area (Å²) in [6.07, 6.45) is 3.05. The number of anilines is 1. The molecule has 1 aromatic heterocycles. The Labute approximate surface area is 313 Å². The van der Waals surface area contributed by atoms with Crippen LogP contribution < -0.4 is 20.9 Å². The second-order valence-corrected chi connectivity index (χ2v) is 15.3. The molecule has 0 spiro atoms. The Kier molecular flexibility index (Phi) is 10.7. The number of nitrogens with one attached hydrogen (secondary N) is 3. The zero-order chi connectivity index (χ0) is 38.1. The van der Waals surface area contributed by atoms with Crippen LogP contribution in [0.1, 0.15) is 72.0 Å². The molecule has 5 heterocycles. The second kappa shape index (κ2) is 15.6. The van der Waals surface area contributed by atoms with Gasteiger partial charge in [0, 0.05) is 62.6 Å². The highest BCUT2D eigenvalue weighted by atomic mass is 32.2. The molecule has 0 saturated carbocycles. The molecule has 284 valence electrons. The molecule has 15 nitrogen and oxygen atoms in total. The minimum atomic E-state index is -1.09. The largest absolute Gasteiger partial charge is 0.493 e. The molecule has 1 atom stereocenters. The van der Waals surface area contributed by atoms with Gasteiger partial charge in [-0.15, -0.1) is 0 Å². The van der Waals surface area contributed by atoms with Gasteiger partial charge in [0.25, 0.3) is 17.4 Å². The fourth-order valence-corrected chi connectivity index (χ4v) is 8.52. The molecule has 54 heavy (non-hydrogen) atoms. The van der Waals surface area contributed by atoms with E-state index in [0.29, 0.717) is 68.6 Å². The smallest absolute Gasteiger partial charge is 0.264 e. The van der Waals surface area contributed by atoms with Crippen LogP contribution in [0.5, 0.6) is 5.75 Å². The SMILES string of the molecule is CC(=O)N1CCC(COc2cc(F)c3c(=O)[nH]c(CSC4CCN(C(=O)CNc5cccc6c5C(=O)N(C5CCC(=O)NC5=O)C6=O)CC4)nc3c2)CC1. The average Bonchev–Trinajstić information content (AvgIpc) is 3.41. The van der Waals surface area contributed by atoms with Crippen molar-refractivity contribution in [1.82, 2.24) is 30.0 Å². The lowest BCUT2D eigenvalue weighted by molar-refractivity contribution is -0.136. The predicted octanol–water partition coefficient (Wildman–Crippen LogP) is 2.44. The molecule has 0 bridgehead atoms. The minimum absolute atomic E-state index is 0.0163. The first-order valence-corrected chi connectivity index (χ1v) is 19.1. The van der Waals surface area contributed by atoms with E-state index in [0.717, 1.165) is 17.7 Å². The van der Waals surface area contributed by atoms with E-state index in [2.05, 4.69) is 20.6 Å². The molecule has 3 fully saturated rings. The third-order valence-corrected chi connectivity index (χ3v) is 11.9. The Bertz CT molecular complexity index is 2090. The number of amides is 6. The summed E-state index contributed by atoms with van der Waals surface area (Å²) < 4.78 is 20.9. The Morgan fingerprint density at radius 2 is 1.72 bits per heavy atom. The first-order valence-electron chi connectivity index (χ1n) is 18.1. The van der Waals surface area contributed by atoms with Gasteiger partial charge in [-0.2, -0.15) is 11.8 Å². The minimum Gasteiger partial charge on any atom is -0.493 e. The molecule has 0 aliphatic carbocycles. The number of hydrogen-bond acceptors (Lipinski definition) is 11. The van der Waals surface area contributed by atoms with Crippen LogP contribution >= 0.6 is 11.8 Å². The van der Waals surface area contributed by atoms with Gasteiger partial charge in [0.15, 0.2) is 0 Å². The van der Waals surface area contributed by atoms with E-state index in [-0.39, 0.29) is 64.4 Å². The van der Waals surface area contributed by atoms with Crippen molar-refractivity contribution in [3.63, 3.8) is 0 Å². The maximum absolute atomic E-state index is 15.0. The molecule has 3 saturated heterocycles. The number of hydrogen-bond donors (Lipinski definition) is 3. The van der Waals surface area contributed by atoms with Crippen LogP contribution in [0.2, 0.25) is 0 Å². The summed E-state index contributed by atoms with van der Waals surface area (Å²) in [5.41, 5.74) is 0.163. The van der Waals surface area contributed by atoms with Crippen molar-refractivity contribution in [2.45, 2.75) is 62.5 Å². The van der Waals surface area contributed by atoms with E-state index in [4.69, 9.17) is 4.74 Å². The number of likely N-dealkylation sites (tertiary alicyclic amines) is 2. The van der Waals surface area contributed by atoms with Crippen molar-refractivity contribution in [2.24, 2.45) is 5.92 Å². The molecule has 6 amide bonds. The van der Waals surface area contributed by atoms with Crippen LogP contribution in [0.25, 0.3) is 10.9 Å². The Hall–Kier alpha value is -5.32. The monoisotopic (exact) mass is 761 g/mol. The summed E-state index contributed by atoms with van der Waals surface area (Å²) in [6.45, 7) is 4.14. The van der Waals surface area contributed by atoms with Crippen molar-refractivity contribution >= 4 is 63.8 Å². The van der Waals surface area contributed by atoms with Gasteiger partial charge < -0.3 is 24.8 Å². The number of imide groups is 2. The van der Waals surface area contributed by atoms with Crippen LogP contribution in [0.3, 0.4) is 0 Å². The molecular weight excluding hydrogens is 722 g/mol. The molecule has 4 aliphatic heterocycles. The molecule has 17 heteroatoms. The normalized spacial score (nSPS) is 19.7. The van der Waals surface area contributed by atoms with Crippen LogP contribution in [0.15, 0.2) is 35.1 Å². The highest BCUT2D eigenvalue weighted by molar-refractivity contribution is 7.99. The number of ether oxygens (including phenoxy) is 1. The van der Waals surface area contributed by atoms with Crippen molar-refractivity contribution < 1.29 is 37.9 Å². The fraction of sp³-hybridized carbons (Fsp3) is 0.459. The maximum atomic E-state index is 15.0. The Morgan fingerprint density at radius 3 is 2.44 bits per heavy atom. The number of rotatable bonds is 10. The zero-order valence-electron chi connectivity index (χ0n) is 29.7. The number of halogens is 1. The molecule has 1 unspecified atom stereocenters. The highest BCUT2D eigenvalue weighted by Crippen LogP contribution is 2.33. The average molecular weight is 762 g/mol. The lowest BCUT2D eigenvalue weighted by Crippen LogP contribution is -2.54. The highest BCUT2D eigenvalue weighted by Gasteiger charge is 2.45. The number of aromatic amines is 1. The number of fused-ring (bicyclic) bond motifs is 2. The summed E-state index contributed by atoms with van der Waals surface area (Å²) >= 11 is 1.60. The Morgan fingerprint density at radius 1 is 0.981 bits per heavy atom. The summed E-state index contributed by atoms with van der Waals surface area (Å²) in [7, 11) is 0. The third kappa shape index (κ3) is 7.67. The topological polar surface area (TPSA) is 191 Å². The van der Waals surface area contributed by atoms with Crippen LogP contribution in [-0.2, 0) is 24.9 Å². The molecule has 4 aliphatic rings. The van der Waals surface area contributed by atoms with E-state index in [9.17, 15) is 38.0 Å². The predicted molar refractivity (Wildman–Crippen MR) is 195 cm³/mol. The van der Waals surface area contributed by atoms with Crippen molar-refractivity contribution in [3.05, 3.63) is 63.5 Å². The van der Waals surface area contributed by atoms with E-state index >= 15 is 0 Å². The summed E-state index contributed by atoms with van der Waals surface area (Å²) in [4.78, 5) is 99.8. The van der Waals surface area contributed by atoms with Gasteiger partial charge in [0.2, 0.25) is 23.6 Å². The van der Waals surface area contributed by atoms with Crippen LogP contribution in [0.4, 0.5) is 10.1 Å². The molecule has 0 radical (unpaired) electrons. The number of carbonyl (C=O) groups excluding carboxylic acids is 6. The molecule has 2 aromatic carbocycles. The summed E-state index contributed by atoms with van der Waals surface area (Å²) in [5.74, 6) is -1.94. The number of benzene rings is 2. The van der Waals surface area contributed by atoms with Gasteiger partial charge in [-0.05, 0) is 50.2 Å². The van der Waals surface area contributed by atoms with Gasteiger partial charge in [0.05, 0.1) is 35.5 Å². The number of piperidine rings is 3. The van der Waals surface area contributed by atoms with E-state index in [1.54, 1.807) is 46.7 Å². The van der Waals surface area contributed by atoms with E-state index < -0.39 is 41.0 Å². The zero-order valence-corrected chi connectivity index (χ0v) is 30.5. The number of thioether (sulfide) groups is 1. The third-order valence-electron chi connectivity index (χ3n) is 10.5.